The van der Waals surface area contributed by atoms with Gasteiger partial charge in [0.1, 0.15) is 11.2 Å². The minimum Gasteiger partial charge on any atom is -0.455 e. The van der Waals surface area contributed by atoms with Crippen LogP contribution in [-0.2, 0) is 0 Å². The van der Waals surface area contributed by atoms with Gasteiger partial charge in [-0.3, -0.25) is 4.79 Å². The molecule has 0 N–H and O–H groups in total. The van der Waals surface area contributed by atoms with Crippen LogP contribution >= 0.6 is 0 Å². The zero-order chi connectivity index (χ0) is 31.1. The first kappa shape index (κ1) is 25.9. The van der Waals surface area contributed by atoms with Crippen molar-refractivity contribution >= 4 is 71.3 Å². The number of carbonyl (C=O) groups excluding carboxylic acids is 1. The molecule has 10 aromatic rings. The van der Waals surface area contributed by atoms with E-state index >= 15 is 0 Å². The van der Waals surface area contributed by atoms with Gasteiger partial charge in [0, 0.05) is 44.0 Å². The number of furan rings is 1. The fourth-order valence-electron chi connectivity index (χ4n) is 7.51. The summed E-state index contributed by atoms with van der Waals surface area (Å²) < 4.78 is 11.6. The van der Waals surface area contributed by atoms with Crippen molar-refractivity contribution in [2.75, 3.05) is 0 Å². The molecule has 4 nitrogen and oxygen atoms in total. The molecule has 0 saturated heterocycles. The summed E-state index contributed by atoms with van der Waals surface area (Å²) in [6, 6.07) is 53.6. The molecule has 0 unspecified atom stereocenters. The minimum atomic E-state index is 0.0108. The highest BCUT2D eigenvalue weighted by molar-refractivity contribution is 6.39. The Morgan fingerprint density at radius 2 is 0.894 bits per heavy atom. The van der Waals surface area contributed by atoms with Gasteiger partial charge in [0.05, 0.1) is 32.8 Å². The third kappa shape index (κ3) is 3.61. The van der Waals surface area contributed by atoms with E-state index in [2.05, 4.69) is 118 Å². The molecule has 220 valence electrons. The Kier molecular flexibility index (Phi) is 5.40. The number of carbonyl (C=O) groups is 1. The summed E-state index contributed by atoms with van der Waals surface area (Å²) in [5.74, 6) is 0.0108. The maximum Gasteiger partial charge on any atom is 0.193 e. The maximum absolute atomic E-state index is 13.3. The highest BCUT2D eigenvalue weighted by Crippen LogP contribution is 2.49. The molecular formula is C43H26N2O2. The van der Waals surface area contributed by atoms with Crippen LogP contribution in [0, 0.1) is 0 Å². The van der Waals surface area contributed by atoms with Gasteiger partial charge < -0.3 is 13.6 Å². The summed E-state index contributed by atoms with van der Waals surface area (Å²) in [4.78, 5) is 13.3. The summed E-state index contributed by atoms with van der Waals surface area (Å²) in [6.07, 6.45) is 0. The van der Waals surface area contributed by atoms with E-state index in [-0.39, 0.29) is 5.78 Å². The number of hydrogen-bond acceptors (Lipinski definition) is 2. The largest absolute Gasteiger partial charge is 0.455 e. The van der Waals surface area contributed by atoms with Gasteiger partial charge in [-0.25, -0.2) is 0 Å². The molecule has 4 heteroatoms. The van der Waals surface area contributed by atoms with Gasteiger partial charge in [-0.2, -0.15) is 0 Å². The Labute approximate surface area is 269 Å². The monoisotopic (exact) mass is 602 g/mol. The number of aromatic nitrogens is 2. The molecule has 0 saturated carbocycles. The van der Waals surface area contributed by atoms with E-state index < -0.39 is 0 Å². The summed E-state index contributed by atoms with van der Waals surface area (Å²) >= 11 is 0. The lowest BCUT2D eigenvalue weighted by molar-refractivity contribution is 0.103. The predicted molar refractivity (Wildman–Crippen MR) is 192 cm³/mol. The van der Waals surface area contributed by atoms with E-state index in [9.17, 15) is 4.79 Å². The highest BCUT2D eigenvalue weighted by Gasteiger charge is 2.27. The van der Waals surface area contributed by atoms with E-state index in [1.165, 1.54) is 10.8 Å². The molecule has 0 aliphatic carbocycles. The second-order valence-corrected chi connectivity index (χ2v) is 12.0. The Balaban J connectivity index is 1.40. The average molecular weight is 603 g/mol. The van der Waals surface area contributed by atoms with Crippen molar-refractivity contribution in [3.63, 3.8) is 0 Å². The second-order valence-electron chi connectivity index (χ2n) is 12.0. The van der Waals surface area contributed by atoms with Crippen molar-refractivity contribution in [2.45, 2.75) is 0 Å². The van der Waals surface area contributed by atoms with E-state index in [0.717, 1.165) is 66.2 Å². The van der Waals surface area contributed by atoms with Crippen LogP contribution in [0.2, 0.25) is 0 Å². The Morgan fingerprint density at radius 3 is 1.55 bits per heavy atom. The molecular weight excluding hydrogens is 576 g/mol. The number of hydrogen-bond donors (Lipinski definition) is 0. The third-order valence-electron chi connectivity index (χ3n) is 9.48. The number of nitrogens with zero attached hydrogens (tertiary/aromatic N) is 2. The zero-order valence-electron chi connectivity index (χ0n) is 25.2. The van der Waals surface area contributed by atoms with Crippen molar-refractivity contribution in [1.82, 2.24) is 9.13 Å². The molecule has 47 heavy (non-hydrogen) atoms. The third-order valence-corrected chi connectivity index (χ3v) is 9.48. The molecule has 0 radical (unpaired) electrons. The van der Waals surface area contributed by atoms with E-state index in [1.54, 1.807) is 0 Å². The van der Waals surface area contributed by atoms with Crippen LogP contribution < -0.4 is 0 Å². The van der Waals surface area contributed by atoms with Crippen molar-refractivity contribution in [3.8, 4) is 11.4 Å². The van der Waals surface area contributed by atoms with E-state index in [0.29, 0.717) is 11.1 Å². The molecule has 10 rings (SSSR count). The molecule has 0 fully saturated rings. The van der Waals surface area contributed by atoms with Gasteiger partial charge in [-0.1, -0.05) is 103 Å². The van der Waals surface area contributed by atoms with E-state index in [4.69, 9.17) is 4.42 Å². The van der Waals surface area contributed by atoms with Crippen LogP contribution in [-0.4, -0.2) is 14.9 Å². The van der Waals surface area contributed by atoms with Gasteiger partial charge in [0.2, 0.25) is 0 Å². The molecule has 0 amide bonds. The van der Waals surface area contributed by atoms with Gasteiger partial charge in [0.25, 0.3) is 0 Å². The first-order valence-electron chi connectivity index (χ1n) is 15.8. The lowest BCUT2D eigenvalue weighted by atomic mass is 10.0. The van der Waals surface area contributed by atoms with Crippen LogP contribution in [0.5, 0.6) is 0 Å². The lowest BCUT2D eigenvalue weighted by Crippen LogP contribution is -2.02. The lowest BCUT2D eigenvalue weighted by Gasteiger charge is -2.12. The normalized spacial score (nSPS) is 11.9. The van der Waals surface area contributed by atoms with Gasteiger partial charge in [-0.15, -0.1) is 0 Å². The van der Waals surface area contributed by atoms with Crippen molar-refractivity contribution in [3.05, 3.63) is 169 Å². The first-order valence-corrected chi connectivity index (χ1v) is 15.8. The summed E-state index contributed by atoms with van der Waals surface area (Å²) in [5.41, 5.74) is 9.56. The summed E-state index contributed by atoms with van der Waals surface area (Å²) in [7, 11) is 0. The Bertz CT molecular complexity index is 2840. The van der Waals surface area contributed by atoms with Crippen LogP contribution in [0.3, 0.4) is 0 Å². The summed E-state index contributed by atoms with van der Waals surface area (Å²) in [5, 5.41) is 6.74. The first-order chi connectivity index (χ1) is 23.3. The highest BCUT2D eigenvalue weighted by atomic mass is 16.3. The molecule has 0 atom stereocenters. The fourth-order valence-corrected chi connectivity index (χ4v) is 7.51. The molecule has 3 aromatic heterocycles. The van der Waals surface area contributed by atoms with Crippen molar-refractivity contribution < 1.29 is 9.21 Å². The van der Waals surface area contributed by atoms with Crippen LogP contribution in [0.15, 0.2) is 162 Å². The Morgan fingerprint density at radius 1 is 0.426 bits per heavy atom. The predicted octanol–water partition coefficient (Wildman–Crippen LogP) is 11.0. The SMILES string of the molecule is O=C(c1ccccc1)c1ccc(-n2c3ccccc3c3c4oc5ccccc5c4c4c(c5ccccc5n4-c4ccccc4)c32)cc1. The number of ketones is 1. The topological polar surface area (TPSA) is 40.1 Å². The number of rotatable bonds is 4. The maximum atomic E-state index is 13.3. The number of para-hydroxylation sites is 4. The second kappa shape index (κ2) is 9.80. The van der Waals surface area contributed by atoms with Crippen molar-refractivity contribution in [1.29, 1.82) is 0 Å². The number of fused-ring (bicyclic) bond motifs is 12. The van der Waals surface area contributed by atoms with Crippen molar-refractivity contribution in [2.24, 2.45) is 0 Å². The molecule has 7 aromatic carbocycles. The zero-order valence-corrected chi connectivity index (χ0v) is 25.2. The minimum absolute atomic E-state index is 0.0108. The molecule has 3 heterocycles. The molecule has 0 aliphatic rings. The smallest absolute Gasteiger partial charge is 0.193 e. The molecule has 0 aliphatic heterocycles. The van der Waals surface area contributed by atoms with Crippen LogP contribution in [0.4, 0.5) is 0 Å². The van der Waals surface area contributed by atoms with Crippen LogP contribution in [0.25, 0.3) is 76.9 Å². The fraction of sp³-hybridized carbons (Fsp3) is 0. The van der Waals surface area contributed by atoms with Crippen LogP contribution in [0.1, 0.15) is 15.9 Å². The molecule has 0 bridgehead atoms. The summed E-state index contributed by atoms with van der Waals surface area (Å²) in [6.45, 7) is 0. The van der Waals surface area contributed by atoms with Gasteiger partial charge >= 0.3 is 0 Å². The standard InChI is InChI=1S/C43H26N2O2/c46-42(27-13-3-1-4-14-27)28-23-25-30(26-24-28)45-35-21-11-8-18-32(35)38-40(45)37-31-17-7-10-20-34(31)44(29-15-5-2-6-16-29)41(37)39-33-19-9-12-22-36(33)47-43(38)39/h1-26H. The molecule has 0 spiro atoms. The average Bonchev–Trinajstić information content (AvgIpc) is 3.80. The number of benzene rings is 7. The quantitative estimate of drug-likeness (QED) is 0.188. The van der Waals surface area contributed by atoms with Gasteiger partial charge in [0.15, 0.2) is 5.78 Å². The Hall–Kier alpha value is -6.39. The van der Waals surface area contributed by atoms with E-state index in [1.807, 2.05) is 48.5 Å². The van der Waals surface area contributed by atoms with Gasteiger partial charge in [-0.05, 0) is 54.6 Å².